The number of aromatic hydroxyl groups is 3. The Hall–Kier alpha value is -2.16. The van der Waals surface area contributed by atoms with Gasteiger partial charge in [-0.25, -0.2) is 0 Å². The maximum absolute atomic E-state index is 9.40. The lowest BCUT2D eigenvalue weighted by Gasteiger charge is -2.07. The van der Waals surface area contributed by atoms with Crippen molar-refractivity contribution in [2.75, 3.05) is 0 Å². The van der Waals surface area contributed by atoms with Crippen LogP contribution in [0.5, 0.6) is 17.2 Å². The molecule has 0 aliphatic heterocycles. The van der Waals surface area contributed by atoms with E-state index in [0.717, 1.165) is 27.8 Å². The van der Waals surface area contributed by atoms with Crippen LogP contribution in [0.1, 0.15) is 33.4 Å². The molecule has 0 fully saturated rings. The minimum atomic E-state index is 0.248. The summed E-state index contributed by atoms with van der Waals surface area (Å²) in [4.78, 5) is 0. The highest BCUT2D eigenvalue weighted by molar-refractivity contribution is 5.50. The number of rotatable bonds is 0. The molecule has 0 unspecified atom stereocenters. The Morgan fingerprint density at radius 1 is 0.571 bits per heavy atom. The Morgan fingerprint density at radius 3 is 1.57 bits per heavy atom. The predicted molar refractivity (Wildman–Crippen MR) is 86.3 cm³/mol. The summed E-state index contributed by atoms with van der Waals surface area (Å²) >= 11 is 0. The zero-order valence-electron chi connectivity index (χ0n) is 13.6. The van der Waals surface area contributed by atoms with E-state index >= 15 is 0 Å². The van der Waals surface area contributed by atoms with Gasteiger partial charge >= 0.3 is 0 Å². The summed E-state index contributed by atoms with van der Waals surface area (Å²) in [7, 11) is 0. The smallest absolute Gasteiger partial charge is 0.121 e. The average molecular weight is 288 g/mol. The number of hydrogen-bond donors (Lipinski definition) is 3. The van der Waals surface area contributed by atoms with Gasteiger partial charge in [0.25, 0.3) is 0 Å². The van der Waals surface area contributed by atoms with E-state index in [0.29, 0.717) is 11.3 Å². The van der Waals surface area contributed by atoms with Crippen LogP contribution in [0.25, 0.3) is 0 Å². The maximum Gasteiger partial charge on any atom is 0.121 e. The van der Waals surface area contributed by atoms with Gasteiger partial charge in [-0.05, 0) is 81.0 Å². The molecular formula is C18H24O3. The second kappa shape index (κ2) is 6.53. The van der Waals surface area contributed by atoms with Gasteiger partial charge in [-0.15, -0.1) is 0 Å². The van der Waals surface area contributed by atoms with Crippen LogP contribution in [-0.4, -0.2) is 15.3 Å². The van der Waals surface area contributed by atoms with Crippen molar-refractivity contribution in [1.29, 1.82) is 0 Å². The summed E-state index contributed by atoms with van der Waals surface area (Å²) in [6.07, 6.45) is 0. The van der Waals surface area contributed by atoms with Crippen molar-refractivity contribution in [3.8, 4) is 17.2 Å². The van der Waals surface area contributed by atoms with E-state index in [1.807, 2.05) is 32.9 Å². The molecule has 0 aromatic heterocycles. The second-order valence-electron chi connectivity index (χ2n) is 5.48. The molecule has 0 bridgehead atoms. The zero-order chi connectivity index (χ0) is 16.3. The van der Waals surface area contributed by atoms with E-state index < -0.39 is 0 Å². The van der Waals surface area contributed by atoms with Gasteiger partial charge in [0.05, 0.1) is 0 Å². The average Bonchev–Trinajstić information content (AvgIpc) is 2.45. The lowest BCUT2D eigenvalue weighted by Crippen LogP contribution is -1.85. The summed E-state index contributed by atoms with van der Waals surface area (Å²) in [5, 5.41) is 28.1. The lowest BCUT2D eigenvalue weighted by molar-refractivity contribution is 0.449. The largest absolute Gasteiger partial charge is 0.508 e. The van der Waals surface area contributed by atoms with Crippen molar-refractivity contribution < 1.29 is 15.3 Å². The molecule has 2 aromatic carbocycles. The van der Waals surface area contributed by atoms with Crippen molar-refractivity contribution in [3.05, 3.63) is 51.6 Å². The molecule has 3 nitrogen and oxygen atoms in total. The van der Waals surface area contributed by atoms with E-state index in [9.17, 15) is 15.3 Å². The topological polar surface area (TPSA) is 60.7 Å². The molecule has 3 heteroatoms. The molecule has 21 heavy (non-hydrogen) atoms. The maximum atomic E-state index is 9.40. The number of hydrogen-bond acceptors (Lipinski definition) is 3. The first-order valence-electron chi connectivity index (χ1n) is 6.91. The van der Waals surface area contributed by atoms with Crippen LogP contribution in [0.2, 0.25) is 0 Å². The van der Waals surface area contributed by atoms with Crippen molar-refractivity contribution in [3.63, 3.8) is 0 Å². The molecule has 0 spiro atoms. The van der Waals surface area contributed by atoms with Gasteiger partial charge in [0.1, 0.15) is 17.2 Å². The highest BCUT2D eigenvalue weighted by Crippen LogP contribution is 2.30. The van der Waals surface area contributed by atoms with Crippen molar-refractivity contribution in [2.45, 2.75) is 41.5 Å². The van der Waals surface area contributed by atoms with Crippen molar-refractivity contribution >= 4 is 0 Å². The van der Waals surface area contributed by atoms with Crippen LogP contribution in [0, 0.1) is 41.5 Å². The highest BCUT2D eigenvalue weighted by atomic mass is 16.3. The second-order valence-corrected chi connectivity index (χ2v) is 5.48. The van der Waals surface area contributed by atoms with E-state index in [1.165, 1.54) is 0 Å². The Labute approximate surface area is 126 Å². The highest BCUT2D eigenvalue weighted by Gasteiger charge is 2.07. The molecule has 114 valence electrons. The Balaban J connectivity index is 0.000000211. The standard InChI is InChI=1S/C9H12O2.C9H12O/c1-5-4-8(10)6(2)7(3)9(5)11;1-6-4-5-7(2)9(10)8(6)3/h4,10-11H,1-3H3;4-5,10H,1-3H3. The van der Waals surface area contributed by atoms with Gasteiger partial charge in [0, 0.05) is 0 Å². The normalized spacial score (nSPS) is 10.0. The molecular weight excluding hydrogens is 264 g/mol. The Morgan fingerprint density at radius 2 is 1.05 bits per heavy atom. The molecule has 0 saturated carbocycles. The third-order valence-electron chi connectivity index (χ3n) is 3.93. The van der Waals surface area contributed by atoms with Gasteiger partial charge < -0.3 is 15.3 Å². The predicted octanol–water partition coefficient (Wildman–Crippen LogP) is 4.34. The van der Waals surface area contributed by atoms with E-state index in [4.69, 9.17) is 0 Å². The molecule has 0 heterocycles. The van der Waals surface area contributed by atoms with Crippen LogP contribution in [0.3, 0.4) is 0 Å². The Kier molecular flexibility index (Phi) is 5.25. The number of aryl methyl sites for hydroxylation is 3. The Bertz CT molecular complexity index is 605. The molecule has 3 N–H and O–H groups in total. The number of phenols is 3. The van der Waals surface area contributed by atoms with Crippen molar-refractivity contribution in [2.24, 2.45) is 0 Å². The van der Waals surface area contributed by atoms with Crippen LogP contribution in [0.4, 0.5) is 0 Å². The molecule has 2 aromatic rings. The molecule has 0 amide bonds. The molecule has 0 atom stereocenters. The fourth-order valence-corrected chi connectivity index (χ4v) is 1.98. The zero-order valence-corrected chi connectivity index (χ0v) is 13.6. The van der Waals surface area contributed by atoms with Gasteiger partial charge in [-0.1, -0.05) is 12.1 Å². The number of benzene rings is 2. The summed E-state index contributed by atoms with van der Waals surface area (Å²) in [5.74, 6) is 0.957. The lowest BCUT2D eigenvalue weighted by atomic mass is 10.0. The molecule has 0 aliphatic rings. The summed E-state index contributed by atoms with van der Waals surface area (Å²) in [6.45, 7) is 11.2. The van der Waals surface area contributed by atoms with Crippen LogP contribution >= 0.6 is 0 Å². The first-order valence-corrected chi connectivity index (χ1v) is 6.91. The van der Waals surface area contributed by atoms with E-state index in [1.54, 1.807) is 26.8 Å². The monoisotopic (exact) mass is 288 g/mol. The van der Waals surface area contributed by atoms with Crippen LogP contribution < -0.4 is 0 Å². The van der Waals surface area contributed by atoms with Crippen LogP contribution in [-0.2, 0) is 0 Å². The minimum absolute atomic E-state index is 0.248. The van der Waals surface area contributed by atoms with Gasteiger partial charge in [0.2, 0.25) is 0 Å². The fraction of sp³-hybridized carbons (Fsp3) is 0.333. The first kappa shape index (κ1) is 16.9. The van der Waals surface area contributed by atoms with Gasteiger partial charge in [-0.3, -0.25) is 0 Å². The molecule has 0 radical (unpaired) electrons. The molecule has 2 rings (SSSR count). The molecule has 0 saturated heterocycles. The van der Waals surface area contributed by atoms with Crippen molar-refractivity contribution in [1.82, 2.24) is 0 Å². The summed E-state index contributed by atoms with van der Waals surface area (Å²) in [5.41, 5.74) is 5.28. The van der Waals surface area contributed by atoms with E-state index in [-0.39, 0.29) is 11.5 Å². The van der Waals surface area contributed by atoms with Gasteiger partial charge in [0.15, 0.2) is 0 Å². The number of phenolic OH excluding ortho intramolecular Hbond substituents is 3. The first-order chi connectivity index (χ1) is 9.66. The fourth-order valence-electron chi connectivity index (χ4n) is 1.98. The molecule has 0 aliphatic carbocycles. The quantitative estimate of drug-likeness (QED) is 0.632. The SMILES string of the molecule is Cc1cc(O)c(C)c(C)c1O.Cc1ccc(C)c(O)c1C. The third-order valence-corrected chi connectivity index (χ3v) is 3.93. The summed E-state index contributed by atoms with van der Waals surface area (Å²) in [6, 6.07) is 5.51. The van der Waals surface area contributed by atoms with E-state index in [2.05, 4.69) is 0 Å². The third kappa shape index (κ3) is 3.69. The van der Waals surface area contributed by atoms with Crippen LogP contribution in [0.15, 0.2) is 18.2 Å². The van der Waals surface area contributed by atoms with Gasteiger partial charge in [-0.2, -0.15) is 0 Å². The minimum Gasteiger partial charge on any atom is -0.508 e. The summed E-state index contributed by atoms with van der Waals surface area (Å²) < 4.78 is 0.